The standard InChI is InChI=1S/C20H36O/c1-3-5-16-6-11-18(12-7-16)19-13-8-17(9-14-19)10-15-20(21)4-2/h16-19H,3-15H2,1-2H3/t16-,17?,18-,19?. The molecule has 0 aromatic heterocycles. The van der Waals surface area contributed by atoms with Crippen LogP contribution in [0.15, 0.2) is 0 Å². The van der Waals surface area contributed by atoms with Gasteiger partial charge in [-0.05, 0) is 55.8 Å². The van der Waals surface area contributed by atoms with Crippen molar-refractivity contribution in [2.24, 2.45) is 23.7 Å². The number of carbonyl (C=O) groups excluding carboxylic acids is 1. The summed E-state index contributed by atoms with van der Waals surface area (Å²) in [5.41, 5.74) is 0. The zero-order valence-electron chi connectivity index (χ0n) is 14.4. The van der Waals surface area contributed by atoms with E-state index in [2.05, 4.69) is 6.92 Å². The SMILES string of the molecule is CCC[C@H]1CC[C@H](C2CCC(CCC(=O)CC)CC2)CC1. The van der Waals surface area contributed by atoms with E-state index in [9.17, 15) is 4.79 Å². The van der Waals surface area contributed by atoms with Gasteiger partial charge in [0.05, 0.1) is 0 Å². The molecule has 1 nitrogen and oxygen atoms in total. The molecule has 0 amide bonds. The molecule has 2 rings (SSSR count). The van der Waals surface area contributed by atoms with Crippen LogP contribution in [0.2, 0.25) is 0 Å². The maximum absolute atomic E-state index is 11.5. The monoisotopic (exact) mass is 292 g/mol. The Morgan fingerprint density at radius 3 is 1.67 bits per heavy atom. The molecule has 2 aliphatic carbocycles. The molecular formula is C20H36O. The van der Waals surface area contributed by atoms with Gasteiger partial charge in [0.2, 0.25) is 0 Å². The van der Waals surface area contributed by atoms with E-state index in [1.54, 1.807) is 0 Å². The van der Waals surface area contributed by atoms with E-state index < -0.39 is 0 Å². The average molecular weight is 293 g/mol. The van der Waals surface area contributed by atoms with E-state index in [0.717, 1.165) is 36.5 Å². The lowest BCUT2D eigenvalue weighted by Crippen LogP contribution is -2.26. The number of hydrogen-bond acceptors (Lipinski definition) is 1. The first-order chi connectivity index (χ1) is 10.2. The highest BCUT2D eigenvalue weighted by atomic mass is 16.1. The van der Waals surface area contributed by atoms with Gasteiger partial charge in [-0.2, -0.15) is 0 Å². The molecule has 21 heavy (non-hydrogen) atoms. The number of hydrogen-bond donors (Lipinski definition) is 0. The van der Waals surface area contributed by atoms with Gasteiger partial charge in [0.15, 0.2) is 0 Å². The molecule has 122 valence electrons. The predicted octanol–water partition coefficient (Wildman–Crippen LogP) is 6.16. The van der Waals surface area contributed by atoms with Gasteiger partial charge in [-0.25, -0.2) is 0 Å². The molecule has 1 heteroatoms. The van der Waals surface area contributed by atoms with Gasteiger partial charge < -0.3 is 0 Å². The van der Waals surface area contributed by atoms with Gasteiger partial charge in [-0.1, -0.05) is 52.4 Å². The highest BCUT2D eigenvalue weighted by Crippen LogP contribution is 2.42. The van der Waals surface area contributed by atoms with E-state index in [1.165, 1.54) is 70.6 Å². The van der Waals surface area contributed by atoms with Crippen molar-refractivity contribution in [3.8, 4) is 0 Å². The predicted molar refractivity (Wildman–Crippen MR) is 90.3 cm³/mol. The van der Waals surface area contributed by atoms with Crippen molar-refractivity contribution in [2.75, 3.05) is 0 Å². The maximum Gasteiger partial charge on any atom is 0.132 e. The van der Waals surface area contributed by atoms with Gasteiger partial charge in [0.1, 0.15) is 5.78 Å². The first-order valence-corrected chi connectivity index (χ1v) is 9.74. The fraction of sp³-hybridized carbons (Fsp3) is 0.950. The zero-order chi connectivity index (χ0) is 15.1. The molecule has 0 radical (unpaired) electrons. The van der Waals surface area contributed by atoms with Gasteiger partial charge in [0.25, 0.3) is 0 Å². The van der Waals surface area contributed by atoms with Gasteiger partial charge in [-0.3, -0.25) is 4.79 Å². The van der Waals surface area contributed by atoms with Crippen molar-refractivity contribution in [1.82, 2.24) is 0 Å². The Labute approximate surface area is 132 Å². The van der Waals surface area contributed by atoms with E-state index in [4.69, 9.17) is 0 Å². The number of ketones is 1. The maximum atomic E-state index is 11.5. The minimum absolute atomic E-state index is 0.464. The summed E-state index contributed by atoms with van der Waals surface area (Å²) in [4.78, 5) is 11.5. The lowest BCUT2D eigenvalue weighted by Gasteiger charge is -2.38. The van der Waals surface area contributed by atoms with Crippen LogP contribution in [0.4, 0.5) is 0 Å². The van der Waals surface area contributed by atoms with Crippen LogP contribution in [0.5, 0.6) is 0 Å². The number of Topliss-reactive ketones (excluding diaryl/α,β-unsaturated/α-hetero) is 1. The molecule has 0 heterocycles. The number of rotatable bonds is 7. The van der Waals surface area contributed by atoms with Crippen LogP contribution < -0.4 is 0 Å². The third-order valence-corrected chi connectivity index (χ3v) is 6.37. The Bertz CT molecular complexity index is 293. The summed E-state index contributed by atoms with van der Waals surface area (Å²) in [6, 6.07) is 0. The topological polar surface area (TPSA) is 17.1 Å². The highest BCUT2D eigenvalue weighted by Gasteiger charge is 2.30. The van der Waals surface area contributed by atoms with Crippen molar-refractivity contribution in [3.05, 3.63) is 0 Å². The first-order valence-electron chi connectivity index (χ1n) is 9.74. The molecule has 0 N–H and O–H groups in total. The van der Waals surface area contributed by atoms with E-state index in [0.29, 0.717) is 5.78 Å². The molecule has 2 aliphatic rings. The second kappa shape index (κ2) is 8.96. The molecule has 0 spiro atoms. The van der Waals surface area contributed by atoms with Crippen molar-refractivity contribution < 1.29 is 4.79 Å². The highest BCUT2D eigenvalue weighted by molar-refractivity contribution is 5.77. The molecule has 0 saturated heterocycles. The van der Waals surface area contributed by atoms with Crippen molar-refractivity contribution in [1.29, 1.82) is 0 Å². The summed E-state index contributed by atoms with van der Waals surface area (Å²) >= 11 is 0. The van der Waals surface area contributed by atoms with Crippen LogP contribution in [0.3, 0.4) is 0 Å². The normalized spacial score (nSPS) is 33.8. The molecular weight excluding hydrogens is 256 g/mol. The fourth-order valence-electron chi connectivity index (χ4n) is 4.85. The Hall–Kier alpha value is -0.330. The summed E-state index contributed by atoms with van der Waals surface area (Å²) in [6.45, 7) is 4.32. The van der Waals surface area contributed by atoms with Crippen LogP contribution in [0.25, 0.3) is 0 Å². The van der Waals surface area contributed by atoms with Gasteiger partial charge >= 0.3 is 0 Å². The van der Waals surface area contributed by atoms with Crippen LogP contribution >= 0.6 is 0 Å². The van der Waals surface area contributed by atoms with Crippen LogP contribution in [0, 0.1) is 23.7 Å². The van der Waals surface area contributed by atoms with Crippen molar-refractivity contribution >= 4 is 5.78 Å². The van der Waals surface area contributed by atoms with Crippen LogP contribution in [0.1, 0.15) is 97.3 Å². The molecule has 0 bridgehead atoms. The smallest absolute Gasteiger partial charge is 0.132 e. The largest absolute Gasteiger partial charge is 0.300 e. The third-order valence-electron chi connectivity index (χ3n) is 6.37. The molecule has 0 aliphatic heterocycles. The van der Waals surface area contributed by atoms with Crippen LogP contribution in [-0.2, 0) is 4.79 Å². The average Bonchev–Trinajstić information content (AvgIpc) is 2.54. The summed E-state index contributed by atoms with van der Waals surface area (Å²) in [7, 11) is 0. The molecule has 2 saturated carbocycles. The second-order valence-corrected chi connectivity index (χ2v) is 7.78. The summed E-state index contributed by atoms with van der Waals surface area (Å²) in [6.07, 6.45) is 17.3. The minimum atomic E-state index is 0.464. The zero-order valence-corrected chi connectivity index (χ0v) is 14.4. The van der Waals surface area contributed by atoms with E-state index in [1.807, 2.05) is 6.92 Å². The number of carbonyl (C=O) groups is 1. The molecule has 0 aromatic rings. The van der Waals surface area contributed by atoms with Crippen LogP contribution in [-0.4, -0.2) is 5.78 Å². The Morgan fingerprint density at radius 2 is 1.24 bits per heavy atom. The molecule has 0 unspecified atom stereocenters. The Morgan fingerprint density at radius 1 is 0.762 bits per heavy atom. The summed E-state index contributed by atoms with van der Waals surface area (Å²) < 4.78 is 0. The molecule has 0 atom stereocenters. The summed E-state index contributed by atoms with van der Waals surface area (Å²) in [5, 5.41) is 0. The Balaban J connectivity index is 1.64. The van der Waals surface area contributed by atoms with E-state index in [-0.39, 0.29) is 0 Å². The fourth-order valence-corrected chi connectivity index (χ4v) is 4.85. The quantitative estimate of drug-likeness (QED) is 0.549. The van der Waals surface area contributed by atoms with Gasteiger partial charge in [-0.15, -0.1) is 0 Å². The van der Waals surface area contributed by atoms with Crippen molar-refractivity contribution in [2.45, 2.75) is 97.3 Å². The Kier molecular flexibility index (Phi) is 7.26. The lowest BCUT2D eigenvalue weighted by molar-refractivity contribution is -0.119. The second-order valence-electron chi connectivity index (χ2n) is 7.78. The third kappa shape index (κ3) is 5.42. The first kappa shape index (κ1) is 17.0. The molecule has 2 fully saturated rings. The molecule has 0 aromatic carbocycles. The lowest BCUT2D eigenvalue weighted by atomic mass is 9.68. The van der Waals surface area contributed by atoms with E-state index >= 15 is 0 Å². The summed E-state index contributed by atoms with van der Waals surface area (Å²) in [5.74, 6) is 4.42. The minimum Gasteiger partial charge on any atom is -0.300 e. The van der Waals surface area contributed by atoms with Crippen molar-refractivity contribution in [3.63, 3.8) is 0 Å². The van der Waals surface area contributed by atoms with Gasteiger partial charge in [0, 0.05) is 12.8 Å².